The standard InChI is InChI=1S/C19H20FN3O/c1-22-8-12(19(24)23-9-13(20)10-23)5-15-14-3-2-4-16-18(14)11(7-21-16)6-17(15)22/h2-5,7,12-13,17,21H,6,8-10H2,1H3. The molecule has 1 N–H and O–H groups in total. The molecule has 1 aliphatic carbocycles. The summed E-state index contributed by atoms with van der Waals surface area (Å²) < 4.78 is 13.1. The molecule has 0 radical (unpaired) electrons. The van der Waals surface area contributed by atoms with E-state index in [0.717, 1.165) is 11.9 Å². The van der Waals surface area contributed by atoms with E-state index in [2.05, 4.69) is 47.4 Å². The largest absolute Gasteiger partial charge is 0.361 e. The highest BCUT2D eigenvalue weighted by Crippen LogP contribution is 2.41. The quantitative estimate of drug-likeness (QED) is 0.873. The second kappa shape index (κ2) is 4.93. The van der Waals surface area contributed by atoms with Gasteiger partial charge < -0.3 is 9.88 Å². The van der Waals surface area contributed by atoms with Crippen LogP contribution in [0.1, 0.15) is 11.1 Å². The number of hydrogen-bond acceptors (Lipinski definition) is 2. The third kappa shape index (κ3) is 1.91. The number of benzene rings is 1. The second-order valence-electron chi connectivity index (χ2n) is 7.27. The van der Waals surface area contributed by atoms with Gasteiger partial charge in [0.2, 0.25) is 5.91 Å². The van der Waals surface area contributed by atoms with E-state index in [0.29, 0.717) is 12.6 Å². The highest BCUT2D eigenvalue weighted by atomic mass is 19.1. The molecule has 5 heteroatoms. The Hall–Kier alpha value is -2.14. The molecule has 1 aromatic heterocycles. The third-order valence-electron chi connectivity index (χ3n) is 5.73. The Morgan fingerprint density at radius 2 is 2.12 bits per heavy atom. The number of alkyl halides is 1. The summed E-state index contributed by atoms with van der Waals surface area (Å²) in [5.41, 5.74) is 4.98. The fraction of sp³-hybridized carbons (Fsp3) is 0.421. The summed E-state index contributed by atoms with van der Waals surface area (Å²) >= 11 is 0. The van der Waals surface area contributed by atoms with Gasteiger partial charge in [-0.15, -0.1) is 0 Å². The lowest BCUT2D eigenvalue weighted by Crippen LogP contribution is -2.55. The highest BCUT2D eigenvalue weighted by molar-refractivity contribution is 5.99. The first-order chi connectivity index (χ1) is 11.6. The Morgan fingerprint density at radius 3 is 2.92 bits per heavy atom. The molecule has 1 amide bonds. The van der Waals surface area contributed by atoms with Crippen LogP contribution in [0.4, 0.5) is 4.39 Å². The number of nitrogens with one attached hydrogen (secondary N) is 1. The fourth-order valence-corrected chi connectivity index (χ4v) is 4.44. The van der Waals surface area contributed by atoms with Crippen molar-refractivity contribution in [3.05, 3.63) is 41.6 Å². The van der Waals surface area contributed by atoms with Gasteiger partial charge in [0.1, 0.15) is 6.17 Å². The summed E-state index contributed by atoms with van der Waals surface area (Å²) in [6.07, 6.45) is 4.37. The topological polar surface area (TPSA) is 39.3 Å². The highest BCUT2D eigenvalue weighted by Gasteiger charge is 2.39. The Morgan fingerprint density at radius 1 is 1.29 bits per heavy atom. The first-order valence-corrected chi connectivity index (χ1v) is 8.56. The smallest absolute Gasteiger partial charge is 0.231 e. The van der Waals surface area contributed by atoms with Crippen molar-refractivity contribution in [2.24, 2.45) is 5.92 Å². The van der Waals surface area contributed by atoms with E-state index in [1.54, 1.807) is 4.90 Å². The molecule has 24 heavy (non-hydrogen) atoms. The lowest BCUT2D eigenvalue weighted by Gasteiger charge is -2.42. The number of fused-ring (bicyclic) bond motifs is 2. The van der Waals surface area contributed by atoms with Crippen molar-refractivity contribution in [2.75, 3.05) is 26.7 Å². The van der Waals surface area contributed by atoms with Gasteiger partial charge in [-0.05, 0) is 36.2 Å². The number of rotatable bonds is 1. The predicted molar refractivity (Wildman–Crippen MR) is 91.4 cm³/mol. The molecule has 4 nitrogen and oxygen atoms in total. The number of aromatic nitrogens is 1. The van der Waals surface area contributed by atoms with Gasteiger partial charge in [-0.3, -0.25) is 9.69 Å². The molecule has 1 aromatic carbocycles. The monoisotopic (exact) mass is 325 g/mol. The van der Waals surface area contributed by atoms with Crippen LogP contribution in [-0.4, -0.2) is 59.6 Å². The maximum absolute atomic E-state index is 13.1. The molecule has 0 saturated carbocycles. The molecular formula is C19H20FN3O. The number of hydrogen-bond donors (Lipinski definition) is 1. The molecule has 2 aliphatic heterocycles. The van der Waals surface area contributed by atoms with Crippen molar-refractivity contribution in [3.63, 3.8) is 0 Å². The number of amides is 1. The normalized spacial score (nSPS) is 26.9. The second-order valence-corrected chi connectivity index (χ2v) is 7.27. The van der Waals surface area contributed by atoms with Crippen molar-refractivity contribution < 1.29 is 9.18 Å². The number of nitrogens with zero attached hydrogens (tertiary/aromatic N) is 2. The summed E-state index contributed by atoms with van der Waals surface area (Å²) in [6.45, 7) is 1.21. The average molecular weight is 325 g/mol. The van der Waals surface area contributed by atoms with Gasteiger partial charge in [-0.25, -0.2) is 4.39 Å². The maximum Gasteiger partial charge on any atom is 0.231 e. The summed E-state index contributed by atoms with van der Waals surface area (Å²) in [5, 5.41) is 1.29. The zero-order valence-electron chi connectivity index (χ0n) is 13.6. The van der Waals surface area contributed by atoms with Crippen molar-refractivity contribution in [3.8, 4) is 0 Å². The molecule has 2 atom stereocenters. The summed E-state index contributed by atoms with van der Waals surface area (Å²) in [4.78, 5) is 19.9. The number of carbonyl (C=O) groups excluding carboxylic acids is 1. The van der Waals surface area contributed by atoms with Crippen molar-refractivity contribution in [2.45, 2.75) is 18.6 Å². The van der Waals surface area contributed by atoms with Crippen molar-refractivity contribution >= 4 is 22.4 Å². The number of likely N-dealkylation sites (N-methyl/N-ethyl adjacent to an activating group) is 1. The number of H-pyrrole nitrogens is 1. The van der Waals surface area contributed by atoms with E-state index in [1.807, 2.05) is 0 Å². The SMILES string of the molecule is CN1CC(C(=O)N2CC(F)C2)C=C2c3cccc4[nH]cc(c34)CC21. The predicted octanol–water partition coefficient (Wildman–Crippen LogP) is 2.22. The molecule has 0 spiro atoms. The Labute approximate surface area is 139 Å². The van der Waals surface area contributed by atoms with Crippen LogP contribution in [0.15, 0.2) is 30.5 Å². The lowest BCUT2D eigenvalue weighted by atomic mass is 9.79. The van der Waals surface area contributed by atoms with Gasteiger partial charge >= 0.3 is 0 Å². The fourth-order valence-electron chi connectivity index (χ4n) is 4.44. The van der Waals surface area contributed by atoms with Gasteiger partial charge in [0.25, 0.3) is 0 Å². The molecule has 2 unspecified atom stereocenters. The van der Waals surface area contributed by atoms with E-state index >= 15 is 0 Å². The molecule has 1 fully saturated rings. The van der Waals surface area contributed by atoms with Crippen molar-refractivity contribution in [1.29, 1.82) is 0 Å². The maximum atomic E-state index is 13.1. The van der Waals surface area contributed by atoms with Crippen LogP contribution >= 0.6 is 0 Å². The molecule has 0 bridgehead atoms. The number of likely N-dealkylation sites (tertiary alicyclic amines) is 1. The van der Waals surface area contributed by atoms with Gasteiger partial charge in [-0.1, -0.05) is 18.2 Å². The lowest BCUT2D eigenvalue weighted by molar-refractivity contribution is -0.141. The van der Waals surface area contributed by atoms with Crippen LogP contribution < -0.4 is 0 Å². The Kier molecular flexibility index (Phi) is 2.92. The Bertz CT molecular complexity index is 865. The summed E-state index contributed by atoms with van der Waals surface area (Å²) in [6, 6.07) is 6.63. The first kappa shape index (κ1) is 14.2. The van der Waals surface area contributed by atoms with Crippen LogP contribution in [0.25, 0.3) is 16.5 Å². The zero-order chi connectivity index (χ0) is 16.4. The first-order valence-electron chi connectivity index (χ1n) is 8.56. The van der Waals surface area contributed by atoms with Crippen molar-refractivity contribution in [1.82, 2.24) is 14.8 Å². The number of halogens is 1. The van der Waals surface area contributed by atoms with E-state index in [4.69, 9.17) is 0 Å². The molecule has 3 aliphatic rings. The minimum Gasteiger partial charge on any atom is -0.361 e. The molecule has 2 aromatic rings. The summed E-state index contributed by atoms with van der Waals surface area (Å²) in [7, 11) is 2.09. The minimum atomic E-state index is -0.846. The van der Waals surface area contributed by atoms with Gasteiger partial charge in [0.05, 0.1) is 19.0 Å². The van der Waals surface area contributed by atoms with Crippen LogP contribution in [0.3, 0.4) is 0 Å². The molecule has 5 rings (SSSR count). The van der Waals surface area contributed by atoms with E-state index in [1.165, 1.54) is 22.1 Å². The average Bonchev–Trinajstić information content (AvgIpc) is 2.97. The van der Waals surface area contributed by atoms with Gasteiger partial charge in [0, 0.05) is 29.7 Å². The molecule has 1 saturated heterocycles. The van der Waals surface area contributed by atoms with E-state index in [-0.39, 0.29) is 24.9 Å². The third-order valence-corrected chi connectivity index (χ3v) is 5.73. The molecule has 3 heterocycles. The number of aromatic amines is 1. The number of carbonyl (C=O) groups is 1. The van der Waals surface area contributed by atoms with Crippen LogP contribution in [-0.2, 0) is 11.2 Å². The zero-order valence-corrected chi connectivity index (χ0v) is 13.6. The van der Waals surface area contributed by atoms with Gasteiger partial charge in [-0.2, -0.15) is 0 Å². The van der Waals surface area contributed by atoms with Crippen LogP contribution in [0.2, 0.25) is 0 Å². The Balaban J connectivity index is 1.57. The van der Waals surface area contributed by atoms with E-state index < -0.39 is 6.17 Å². The molecule has 124 valence electrons. The molecular weight excluding hydrogens is 305 g/mol. The van der Waals surface area contributed by atoms with Gasteiger partial charge in [0.15, 0.2) is 0 Å². The minimum absolute atomic E-state index is 0.0636. The van der Waals surface area contributed by atoms with E-state index in [9.17, 15) is 9.18 Å². The van der Waals surface area contributed by atoms with Crippen LogP contribution in [0, 0.1) is 5.92 Å². The summed E-state index contributed by atoms with van der Waals surface area (Å²) in [5.74, 6) is -0.113. The van der Waals surface area contributed by atoms with Crippen LogP contribution in [0.5, 0.6) is 0 Å².